The van der Waals surface area contributed by atoms with Gasteiger partial charge in [0.05, 0.1) is 33.4 Å². The zero-order chi connectivity index (χ0) is 18.5. The molecule has 0 fully saturated rings. The van der Waals surface area contributed by atoms with E-state index in [9.17, 15) is 12.8 Å². The smallest absolute Gasteiger partial charge is 0.264 e. The molecule has 0 radical (unpaired) electrons. The lowest BCUT2D eigenvalue weighted by molar-refractivity contribution is 0.599. The molecule has 2 aromatic carbocycles. The largest absolute Gasteiger partial charge is 0.358 e. The molecule has 2 aromatic heterocycles. The van der Waals surface area contributed by atoms with Gasteiger partial charge in [-0.1, -0.05) is 23.7 Å². The van der Waals surface area contributed by atoms with Crippen LogP contribution < -0.4 is 4.72 Å². The highest BCUT2D eigenvalue weighted by molar-refractivity contribution is 7.93. The fourth-order valence-corrected chi connectivity index (χ4v) is 4.28. The van der Waals surface area contributed by atoms with Crippen molar-refractivity contribution in [2.45, 2.75) is 4.90 Å². The first-order valence-corrected chi connectivity index (χ1v) is 9.26. The molecule has 0 aliphatic heterocycles. The number of halogens is 2. The number of fused-ring (bicyclic) bond motifs is 3. The molecule has 0 atom stereocenters. The van der Waals surface area contributed by atoms with Gasteiger partial charge in [-0.15, -0.1) is 0 Å². The molecule has 130 valence electrons. The van der Waals surface area contributed by atoms with E-state index in [2.05, 4.69) is 14.7 Å². The van der Waals surface area contributed by atoms with Crippen LogP contribution in [-0.4, -0.2) is 18.4 Å². The molecule has 0 saturated carbocycles. The lowest BCUT2D eigenvalue weighted by Crippen LogP contribution is -2.13. The lowest BCUT2D eigenvalue weighted by Gasteiger charge is -2.08. The fraction of sp³-hybridized carbons (Fsp3) is 0. The van der Waals surface area contributed by atoms with Crippen LogP contribution in [0.15, 0.2) is 47.6 Å². The third-order valence-corrected chi connectivity index (χ3v) is 5.77. The number of benzene rings is 2. The number of aromatic amines is 2. The fourth-order valence-electron chi connectivity index (χ4n) is 2.83. The second kappa shape index (κ2) is 5.76. The number of aromatic nitrogens is 2. The zero-order valence-electron chi connectivity index (χ0n) is 13.0. The summed E-state index contributed by atoms with van der Waals surface area (Å²) in [5.41, 5.74) is 1.12. The minimum atomic E-state index is -4.05. The Kier molecular flexibility index (Phi) is 3.64. The summed E-state index contributed by atoms with van der Waals surface area (Å²) >= 11 is 6.08. The van der Waals surface area contributed by atoms with E-state index in [1.807, 2.05) is 0 Å². The predicted molar refractivity (Wildman–Crippen MR) is 97.1 cm³/mol. The molecule has 3 N–H and O–H groups in total. The average molecular weight is 389 g/mol. The van der Waals surface area contributed by atoms with Gasteiger partial charge in [0.25, 0.3) is 10.0 Å². The van der Waals surface area contributed by atoms with Crippen LogP contribution >= 0.6 is 11.6 Å². The Morgan fingerprint density at radius 2 is 1.77 bits per heavy atom. The maximum atomic E-state index is 14.0. The number of nitrogens with one attached hydrogen (secondary N) is 3. The van der Waals surface area contributed by atoms with Crippen LogP contribution in [-0.2, 0) is 10.0 Å². The topological polar surface area (TPSA) is 102 Å². The van der Waals surface area contributed by atoms with E-state index in [0.717, 1.165) is 11.5 Å². The van der Waals surface area contributed by atoms with Gasteiger partial charge in [0.1, 0.15) is 10.7 Å². The van der Waals surface area contributed by atoms with Crippen LogP contribution in [0.3, 0.4) is 0 Å². The van der Waals surface area contributed by atoms with Gasteiger partial charge in [0.15, 0.2) is 0 Å². The third-order valence-electron chi connectivity index (χ3n) is 4.05. The Morgan fingerprint density at radius 3 is 2.50 bits per heavy atom. The average Bonchev–Trinajstić information content (AvgIpc) is 3.20. The van der Waals surface area contributed by atoms with Crippen LogP contribution in [0.2, 0.25) is 5.02 Å². The molecule has 9 heteroatoms. The van der Waals surface area contributed by atoms with E-state index < -0.39 is 15.8 Å². The second-order valence-corrected chi connectivity index (χ2v) is 7.67. The summed E-state index contributed by atoms with van der Waals surface area (Å²) in [6, 6.07) is 8.66. The Hall–Kier alpha value is -3.02. The molecule has 0 unspecified atom stereocenters. The van der Waals surface area contributed by atoms with Crippen LogP contribution in [0.25, 0.3) is 21.8 Å². The van der Waals surface area contributed by atoms with Gasteiger partial charge in [0, 0.05) is 23.2 Å². The standard InChI is InChI=1S/C17H10ClFN4O2S/c18-12-7-21-16-10(12)2-3-11-15(8-22-17(11)16)26(24,25)23-14-4-1-9(6-20)5-13(14)19/h1-5,7-8,21-23H. The quantitative estimate of drug-likeness (QED) is 0.492. The summed E-state index contributed by atoms with van der Waals surface area (Å²) in [6.45, 7) is 0. The maximum absolute atomic E-state index is 14.0. The van der Waals surface area contributed by atoms with E-state index in [-0.39, 0.29) is 16.1 Å². The molecule has 4 rings (SSSR count). The molecule has 0 amide bonds. The van der Waals surface area contributed by atoms with Crippen LogP contribution in [0, 0.1) is 17.1 Å². The lowest BCUT2D eigenvalue weighted by atomic mass is 10.2. The van der Waals surface area contributed by atoms with Crippen molar-refractivity contribution >= 4 is 49.1 Å². The van der Waals surface area contributed by atoms with Crippen molar-refractivity contribution in [2.75, 3.05) is 4.72 Å². The second-order valence-electron chi connectivity index (χ2n) is 5.61. The molecular formula is C17H10ClFN4O2S. The molecule has 2 heterocycles. The number of hydrogen-bond acceptors (Lipinski definition) is 3. The van der Waals surface area contributed by atoms with Gasteiger partial charge >= 0.3 is 0 Å². The Morgan fingerprint density at radius 1 is 1.08 bits per heavy atom. The van der Waals surface area contributed by atoms with Gasteiger partial charge in [-0.25, -0.2) is 12.8 Å². The van der Waals surface area contributed by atoms with Crippen molar-refractivity contribution in [1.29, 1.82) is 5.26 Å². The Bertz CT molecular complexity index is 1320. The van der Waals surface area contributed by atoms with Crippen molar-refractivity contribution in [1.82, 2.24) is 9.97 Å². The van der Waals surface area contributed by atoms with Crippen molar-refractivity contribution in [3.05, 3.63) is 59.1 Å². The van der Waals surface area contributed by atoms with Gasteiger partial charge in [-0.2, -0.15) is 5.26 Å². The maximum Gasteiger partial charge on any atom is 0.264 e. The van der Waals surface area contributed by atoms with Gasteiger partial charge in [-0.05, 0) is 18.2 Å². The van der Waals surface area contributed by atoms with Gasteiger partial charge < -0.3 is 9.97 Å². The molecule has 26 heavy (non-hydrogen) atoms. The van der Waals surface area contributed by atoms with E-state index in [4.69, 9.17) is 16.9 Å². The molecule has 6 nitrogen and oxygen atoms in total. The number of nitrogens with zero attached hydrogens (tertiary/aromatic N) is 1. The highest BCUT2D eigenvalue weighted by Gasteiger charge is 2.22. The summed E-state index contributed by atoms with van der Waals surface area (Å²) in [4.78, 5) is 5.90. The van der Waals surface area contributed by atoms with E-state index >= 15 is 0 Å². The molecule has 4 aromatic rings. The molecular weight excluding hydrogens is 379 g/mol. The molecule has 0 aliphatic carbocycles. The summed E-state index contributed by atoms with van der Waals surface area (Å²) in [6.07, 6.45) is 2.95. The van der Waals surface area contributed by atoms with Crippen molar-refractivity contribution < 1.29 is 12.8 Å². The first-order chi connectivity index (χ1) is 12.4. The van der Waals surface area contributed by atoms with Crippen molar-refractivity contribution in [2.24, 2.45) is 0 Å². The zero-order valence-corrected chi connectivity index (χ0v) is 14.5. The number of nitriles is 1. The minimum Gasteiger partial charge on any atom is -0.358 e. The molecule has 0 aliphatic rings. The van der Waals surface area contributed by atoms with E-state index in [0.29, 0.717) is 21.4 Å². The van der Waals surface area contributed by atoms with Crippen molar-refractivity contribution in [3.63, 3.8) is 0 Å². The van der Waals surface area contributed by atoms with Crippen LogP contribution in [0.1, 0.15) is 5.56 Å². The number of sulfonamides is 1. The monoisotopic (exact) mass is 388 g/mol. The van der Waals surface area contributed by atoms with E-state index in [1.165, 1.54) is 18.3 Å². The Labute approximate surface area is 152 Å². The molecule has 0 bridgehead atoms. The first-order valence-electron chi connectivity index (χ1n) is 7.40. The summed E-state index contributed by atoms with van der Waals surface area (Å²) in [5.74, 6) is -0.828. The molecule has 0 saturated heterocycles. The van der Waals surface area contributed by atoms with Gasteiger partial charge in [-0.3, -0.25) is 4.72 Å². The first kappa shape index (κ1) is 16.4. The predicted octanol–water partition coefficient (Wildman–Crippen LogP) is 4.11. The number of H-pyrrole nitrogens is 2. The SMILES string of the molecule is N#Cc1ccc(NS(=O)(=O)c2c[nH]c3c2ccc2c(Cl)c[nH]c23)c(F)c1. The number of rotatable bonds is 3. The number of hydrogen-bond donors (Lipinski definition) is 3. The van der Waals surface area contributed by atoms with Gasteiger partial charge in [0.2, 0.25) is 0 Å². The highest BCUT2D eigenvalue weighted by atomic mass is 35.5. The molecule has 0 spiro atoms. The van der Waals surface area contributed by atoms with Crippen LogP contribution in [0.5, 0.6) is 0 Å². The third kappa shape index (κ3) is 2.49. The summed E-state index contributed by atoms with van der Waals surface area (Å²) in [5, 5.41) is 10.5. The summed E-state index contributed by atoms with van der Waals surface area (Å²) < 4.78 is 41.7. The summed E-state index contributed by atoms with van der Waals surface area (Å²) in [7, 11) is -4.05. The highest BCUT2D eigenvalue weighted by Crippen LogP contribution is 2.33. The van der Waals surface area contributed by atoms with E-state index in [1.54, 1.807) is 24.4 Å². The van der Waals surface area contributed by atoms with Crippen molar-refractivity contribution in [3.8, 4) is 6.07 Å². The Balaban J connectivity index is 1.81. The minimum absolute atomic E-state index is 0.0242. The number of anilines is 1. The van der Waals surface area contributed by atoms with Crippen LogP contribution in [0.4, 0.5) is 10.1 Å². The normalized spacial score (nSPS) is 11.7.